The molecule has 1 aromatic rings. The maximum atomic E-state index is 12.5. The number of aliphatic hydroxyl groups excluding tert-OH is 1. The molecule has 0 aliphatic rings. The highest BCUT2D eigenvalue weighted by Crippen LogP contribution is 2.05. The van der Waals surface area contributed by atoms with Gasteiger partial charge in [0, 0.05) is 19.4 Å². The van der Waals surface area contributed by atoms with Crippen LogP contribution in [0.25, 0.3) is 0 Å². The van der Waals surface area contributed by atoms with Crippen LogP contribution in [0.15, 0.2) is 24.3 Å². The first kappa shape index (κ1) is 10.9. The topological polar surface area (TPSA) is 37.3 Å². The van der Waals surface area contributed by atoms with Gasteiger partial charge in [0.15, 0.2) is 0 Å². The number of carbonyl (C=O) groups excluding carboxylic acids is 1. The fourth-order valence-electron chi connectivity index (χ4n) is 1.19. The van der Waals surface area contributed by atoms with E-state index in [1.807, 2.05) is 0 Å². The standard InChI is InChI=1S/C11H13FO2/c12-10-5-3-9(4-6-10)8-11(14)2-1-7-13/h3-6,13H,1-2,7-8H2. The summed E-state index contributed by atoms with van der Waals surface area (Å²) < 4.78 is 12.5. The monoisotopic (exact) mass is 196 g/mol. The quantitative estimate of drug-likeness (QED) is 0.778. The Morgan fingerprint density at radius 1 is 1.29 bits per heavy atom. The Bertz CT molecular complexity index is 293. The molecule has 0 radical (unpaired) electrons. The van der Waals surface area contributed by atoms with E-state index in [1.165, 1.54) is 12.1 Å². The van der Waals surface area contributed by atoms with Crippen LogP contribution < -0.4 is 0 Å². The molecule has 1 rings (SSSR count). The average molecular weight is 196 g/mol. The van der Waals surface area contributed by atoms with E-state index in [1.54, 1.807) is 12.1 Å². The predicted molar refractivity (Wildman–Crippen MR) is 51.4 cm³/mol. The predicted octanol–water partition coefficient (Wildman–Crippen LogP) is 1.71. The zero-order chi connectivity index (χ0) is 10.4. The first-order chi connectivity index (χ1) is 6.72. The van der Waals surface area contributed by atoms with Crippen molar-refractivity contribution in [2.45, 2.75) is 19.3 Å². The van der Waals surface area contributed by atoms with Crippen molar-refractivity contribution < 1.29 is 14.3 Å². The van der Waals surface area contributed by atoms with Gasteiger partial charge in [0.2, 0.25) is 0 Å². The number of ketones is 1. The number of hydrogen-bond donors (Lipinski definition) is 1. The molecular formula is C11H13FO2. The van der Waals surface area contributed by atoms with Gasteiger partial charge in [0.05, 0.1) is 0 Å². The SMILES string of the molecule is O=C(CCCO)Cc1ccc(F)cc1. The molecular weight excluding hydrogens is 183 g/mol. The second-order valence-electron chi connectivity index (χ2n) is 3.17. The van der Waals surface area contributed by atoms with Crippen LogP contribution in [0.2, 0.25) is 0 Å². The average Bonchev–Trinajstić information content (AvgIpc) is 2.18. The summed E-state index contributed by atoms with van der Waals surface area (Å²) in [6, 6.07) is 5.89. The Morgan fingerprint density at radius 3 is 2.50 bits per heavy atom. The second-order valence-corrected chi connectivity index (χ2v) is 3.17. The normalized spacial score (nSPS) is 10.1. The van der Waals surface area contributed by atoms with Gasteiger partial charge in [-0.25, -0.2) is 4.39 Å². The molecule has 0 aromatic heterocycles. The summed E-state index contributed by atoms with van der Waals surface area (Å²) in [6.07, 6.45) is 1.20. The van der Waals surface area contributed by atoms with E-state index >= 15 is 0 Å². The van der Waals surface area contributed by atoms with E-state index in [0.717, 1.165) is 5.56 Å². The van der Waals surface area contributed by atoms with Gasteiger partial charge in [0.25, 0.3) is 0 Å². The Morgan fingerprint density at radius 2 is 1.93 bits per heavy atom. The van der Waals surface area contributed by atoms with Crippen molar-refractivity contribution in [2.75, 3.05) is 6.61 Å². The molecule has 3 heteroatoms. The van der Waals surface area contributed by atoms with Gasteiger partial charge in [0.1, 0.15) is 11.6 Å². The molecule has 0 amide bonds. The zero-order valence-corrected chi connectivity index (χ0v) is 7.87. The summed E-state index contributed by atoms with van der Waals surface area (Å²) in [6.45, 7) is 0.0369. The summed E-state index contributed by atoms with van der Waals surface area (Å²) >= 11 is 0. The van der Waals surface area contributed by atoms with Crippen LogP contribution >= 0.6 is 0 Å². The third kappa shape index (κ3) is 3.66. The third-order valence-electron chi connectivity index (χ3n) is 1.93. The Labute approximate surface area is 82.4 Å². The van der Waals surface area contributed by atoms with Gasteiger partial charge in [-0.3, -0.25) is 4.79 Å². The summed E-state index contributed by atoms with van der Waals surface area (Å²) in [5.74, 6) is -0.220. The molecule has 0 aliphatic carbocycles. The first-order valence-corrected chi connectivity index (χ1v) is 4.59. The number of aliphatic hydroxyl groups is 1. The number of halogens is 1. The van der Waals surface area contributed by atoms with Gasteiger partial charge in [-0.05, 0) is 24.1 Å². The molecule has 0 atom stereocenters. The summed E-state index contributed by atoms with van der Waals surface area (Å²) in [7, 11) is 0. The van der Waals surface area contributed by atoms with Crippen molar-refractivity contribution in [3.8, 4) is 0 Å². The molecule has 0 saturated heterocycles. The van der Waals surface area contributed by atoms with Gasteiger partial charge in [-0.2, -0.15) is 0 Å². The summed E-state index contributed by atoms with van der Waals surface area (Å²) in [5.41, 5.74) is 0.814. The highest BCUT2D eigenvalue weighted by atomic mass is 19.1. The highest BCUT2D eigenvalue weighted by Gasteiger charge is 2.03. The van der Waals surface area contributed by atoms with Crippen LogP contribution in [0.3, 0.4) is 0 Å². The van der Waals surface area contributed by atoms with Crippen LogP contribution in [0.1, 0.15) is 18.4 Å². The van der Waals surface area contributed by atoms with E-state index in [-0.39, 0.29) is 18.2 Å². The van der Waals surface area contributed by atoms with Crippen LogP contribution in [0.4, 0.5) is 4.39 Å². The largest absolute Gasteiger partial charge is 0.396 e. The van der Waals surface area contributed by atoms with E-state index in [9.17, 15) is 9.18 Å². The van der Waals surface area contributed by atoms with Crippen LogP contribution in [0.5, 0.6) is 0 Å². The lowest BCUT2D eigenvalue weighted by atomic mass is 10.1. The summed E-state index contributed by atoms with van der Waals surface area (Å²) in [4.78, 5) is 11.3. The molecule has 14 heavy (non-hydrogen) atoms. The molecule has 2 nitrogen and oxygen atoms in total. The highest BCUT2D eigenvalue weighted by molar-refractivity contribution is 5.80. The van der Waals surface area contributed by atoms with Gasteiger partial charge >= 0.3 is 0 Å². The number of carbonyl (C=O) groups is 1. The molecule has 0 fully saturated rings. The molecule has 0 unspecified atom stereocenters. The summed E-state index contributed by atoms with van der Waals surface area (Å²) in [5, 5.41) is 8.52. The minimum atomic E-state index is -0.295. The van der Waals surface area contributed by atoms with Crippen molar-refractivity contribution in [3.05, 3.63) is 35.6 Å². The van der Waals surface area contributed by atoms with Crippen molar-refractivity contribution in [3.63, 3.8) is 0 Å². The molecule has 0 saturated carbocycles. The fraction of sp³-hybridized carbons (Fsp3) is 0.364. The fourth-order valence-corrected chi connectivity index (χ4v) is 1.19. The lowest BCUT2D eigenvalue weighted by molar-refractivity contribution is -0.118. The third-order valence-corrected chi connectivity index (χ3v) is 1.93. The maximum absolute atomic E-state index is 12.5. The van der Waals surface area contributed by atoms with E-state index in [2.05, 4.69) is 0 Å². The van der Waals surface area contributed by atoms with Crippen LogP contribution in [-0.4, -0.2) is 17.5 Å². The minimum Gasteiger partial charge on any atom is -0.396 e. The molecule has 1 aromatic carbocycles. The second kappa shape index (κ2) is 5.50. The minimum absolute atomic E-state index is 0.0369. The molecule has 0 heterocycles. The van der Waals surface area contributed by atoms with Crippen molar-refractivity contribution >= 4 is 5.78 Å². The van der Waals surface area contributed by atoms with Gasteiger partial charge in [-0.15, -0.1) is 0 Å². The number of benzene rings is 1. The number of Topliss-reactive ketones (excluding diaryl/α,β-unsaturated/α-hetero) is 1. The van der Waals surface area contributed by atoms with E-state index < -0.39 is 0 Å². The molecule has 1 N–H and O–H groups in total. The smallest absolute Gasteiger partial charge is 0.137 e. The molecule has 0 bridgehead atoms. The molecule has 0 spiro atoms. The van der Waals surface area contributed by atoms with E-state index in [4.69, 9.17) is 5.11 Å². The maximum Gasteiger partial charge on any atom is 0.137 e. The van der Waals surface area contributed by atoms with E-state index in [0.29, 0.717) is 19.3 Å². The Hall–Kier alpha value is -1.22. The number of hydrogen-bond acceptors (Lipinski definition) is 2. The first-order valence-electron chi connectivity index (χ1n) is 4.59. The van der Waals surface area contributed by atoms with Crippen molar-refractivity contribution in [2.24, 2.45) is 0 Å². The van der Waals surface area contributed by atoms with Crippen molar-refractivity contribution in [1.29, 1.82) is 0 Å². The Balaban J connectivity index is 2.44. The molecule has 76 valence electrons. The van der Waals surface area contributed by atoms with Crippen molar-refractivity contribution in [1.82, 2.24) is 0 Å². The lowest BCUT2D eigenvalue weighted by Crippen LogP contribution is -2.03. The van der Waals surface area contributed by atoms with Crippen LogP contribution in [0, 0.1) is 5.82 Å². The lowest BCUT2D eigenvalue weighted by Gasteiger charge is -1.99. The molecule has 0 aliphatic heterocycles. The van der Waals surface area contributed by atoms with Crippen LogP contribution in [-0.2, 0) is 11.2 Å². The number of rotatable bonds is 5. The van der Waals surface area contributed by atoms with Gasteiger partial charge in [-0.1, -0.05) is 12.1 Å². The Kier molecular flexibility index (Phi) is 4.26. The zero-order valence-electron chi connectivity index (χ0n) is 7.87. The van der Waals surface area contributed by atoms with Gasteiger partial charge < -0.3 is 5.11 Å².